The van der Waals surface area contributed by atoms with Crippen molar-refractivity contribution in [2.45, 2.75) is 32.2 Å². The summed E-state index contributed by atoms with van der Waals surface area (Å²) in [6.07, 6.45) is 2.19. The van der Waals surface area contributed by atoms with Crippen LogP contribution in [0.1, 0.15) is 37.2 Å². The molecule has 0 aliphatic heterocycles. The topological polar surface area (TPSA) is 56.1 Å². The molecule has 0 spiro atoms. The molecule has 2 aromatic carbocycles. The Balaban J connectivity index is 2.03. The molecule has 1 unspecified atom stereocenters. The minimum Gasteiger partial charge on any atom is -0.383 e. The van der Waals surface area contributed by atoms with Crippen LogP contribution in [-0.2, 0) is 16.0 Å². The fraction of sp³-hybridized carbons (Fsp3) is 0.364. The van der Waals surface area contributed by atoms with Crippen LogP contribution in [-0.4, -0.2) is 35.7 Å². The Morgan fingerprint density at radius 1 is 1.21 bits per heavy atom. The molecule has 0 saturated heterocycles. The zero-order chi connectivity index (χ0) is 19.9. The summed E-state index contributed by atoms with van der Waals surface area (Å²) in [7, 11) is 1.63. The van der Waals surface area contributed by atoms with Gasteiger partial charge in [-0.2, -0.15) is 0 Å². The first-order valence-corrected chi connectivity index (χ1v) is 9.99. The zero-order valence-corrected chi connectivity index (χ0v) is 17.1. The highest BCUT2D eigenvalue weighted by Crippen LogP contribution is 2.27. The maximum atomic E-state index is 13.0. The van der Waals surface area contributed by atoms with E-state index in [2.05, 4.69) is 16.8 Å². The molecule has 1 amide bonds. The van der Waals surface area contributed by atoms with Gasteiger partial charge in [0.2, 0.25) is 5.91 Å². The highest BCUT2D eigenvalue weighted by molar-refractivity contribution is 6.31. The minimum atomic E-state index is -0.327. The Morgan fingerprint density at radius 2 is 1.96 bits per heavy atom. The van der Waals surface area contributed by atoms with E-state index in [-0.39, 0.29) is 11.9 Å². The van der Waals surface area contributed by atoms with Gasteiger partial charge in [0.05, 0.1) is 17.6 Å². The Hall–Kier alpha value is -2.37. The minimum absolute atomic E-state index is 0.0116. The molecular weight excluding hydrogens is 374 g/mol. The average molecular weight is 400 g/mol. The monoisotopic (exact) mass is 399 g/mol. The maximum absolute atomic E-state index is 13.0. The molecular formula is C22H26ClN3O2. The van der Waals surface area contributed by atoms with E-state index < -0.39 is 0 Å². The van der Waals surface area contributed by atoms with Crippen molar-refractivity contribution in [3.63, 3.8) is 0 Å². The number of nitrogens with one attached hydrogen (secondary N) is 1. The van der Waals surface area contributed by atoms with E-state index >= 15 is 0 Å². The van der Waals surface area contributed by atoms with Crippen LogP contribution in [0.4, 0.5) is 0 Å². The van der Waals surface area contributed by atoms with Gasteiger partial charge in [-0.3, -0.25) is 4.79 Å². The van der Waals surface area contributed by atoms with Crippen molar-refractivity contribution in [2.75, 3.05) is 20.3 Å². The average Bonchev–Trinajstić information content (AvgIpc) is 3.05. The van der Waals surface area contributed by atoms with Crippen molar-refractivity contribution < 1.29 is 9.53 Å². The SMILES string of the molecule is CCCC(C(=O)NCCOC)n1c(Cc2ccccc2Cl)nc2ccccc21. The van der Waals surface area contributed by atoms with Gasteiger partial charge < -0.3 is 14.6 Å². The quantitative estimate of drug-likeness (QED) is 0.543. The van der Waals surface area contributed by atoms with E-state index in [1.54, 1.807) is 7.11 Å². The van der Waals surface area contributed by atoms with E-state index in [1.807, 2.05) is 48.5 Å². The molecule has 0 aliphatic rings. The van der Waals surface area contributed by atoms with E-state index in [4.69, 9.17) is 21.3 Å². The van der Waals surface area contributed by atoms with Crippen molar-refractivity contribution >= 4 is 28.5 Å². The Kier molecular flexibility index (Phi) is 7.06. The maximum Gasteiger partial charge on any atom is 0.243 e. The van der Waals surface area contributed by atoms with Crippen LogP contribution >= 0.6 is 11.6 Å². The van der Waals surface area contributed by atoms with Crippen LogP contribution in [0.25, 0.3) is 11.0 Å². The van der Waals surface area contributed by atoms with Crippen LogP contribution in [0.5, 0.6) is 0 Å². The number of hydrogen-bond donors (Lipinski definition) is 1. The van der Waals surface area contributed by atoms with E-state index in [0.29, 0.717) is 24.6 Å². The highest BCUT2D eigenvalue weighted by Gasteiger charge is 2.25. The Bertz CT molecular complexity index is 938. The number of para-hydroxylation sites is 2. The first kappa shape index (κ1) is 20.4. The number of nitrogens with zero attached hydrogens (tertiary/aromatic N) is 2. The number of ether oxygens (including phenoxy) is 1. The molecule has 1 atom stereocenters. The molecule has 1 N–H and O–H groups in total. The molecule has 1 aromatic heterocycles. The molecule has 0 radical (unpaired) electrons. The number of carbonyl (C=O) groups is 1. The van der Waals surface area contributed by atoms with Crippen LogP contribution < -0.4 is 5.32 Å². The molecule has 1 heterocycles. The molecule has 0 bridgehead atoms. The third-order valence-electron chi connectivity index (χ3n) is 4.76. The van der Waals surface area contributed by atoms with Crippen LogP contribution in [0.2, 0.25) is 5.02 Å². The lowest BCUT2D eigenvalue weighted by atomic mass is 10.1. The molecule has 6 heteroatoms. The summed E-state index contributed by atoms with van der Waals surface area (Å²) in [6.45, 7) is 3.06. The number of carbonyl (C=O) groups excluding carboxylic acids is 1. The first-order valence-electron chi connectivity index (χ1n) is 9.61. The van der Waals surface area contributed by atoms with Gasteiger partial charge in [-0.05, 0) is 30.2 Å². The van der Waals surface area contributed by atoms with E-state index in [0.717, 1.165) is 35.3 Å². The van der Waals surface area contributed by atoms with Crippen molar-refractivity contribution in [3.8, 4) is 0 Å². The number of aromatic nitrogens is 2. The fourth-order valence-electron chi connectivity index (χ4n) is 3.42. The van der Waals surface area contributed by atoms with Gasteiger partial charge in [0.1, 0.15) is 11.9 Å². The number of amides is 1. The number of halogens is 1. The predicted octanol–water partition coefficient (Wildman–Crippen LogP) is 4.38. The van der Waals surface area contributed by atoms with Crippen LogP contribution in [0.3, 0.4) is 0 Å². The number of rotatable bonds is 9. The second kappa shape index (κ2) is 9.71. The lowest BCUT2D eigenvalue weighted by Crippen LogP contribution is -2.35. The number of hydrogen-bond acceptors (Lipinski definition) is 3. The van der Waals surface area contributed by atoms with Crippen LogP contribution in [0, 0.1) is 0 Å². The Labute approximate surface area is 170 Å². The molecule has 0 aliphatic carbocycles. The first-order chi connectivity index (χ1) is 13.7. The second-order valence-electron chi connectivity index (χ2n) is 6.74. The van der Waals surface area contributed by atoms with Gasteiger partial charge in [-0.1, -0.05) is 55.3 Å². The molecule has 0 fully saturated rings. The summed E-state index contributed by atoms with van der Waals surface area (Å²) in [4.78, 5) is 17.8. The molecule has 5 nitrogen and oxygen atoms in total. The normalized spacial score (nSPS) is 12.2. The molecule has 0 saturated carbocycles. The summed E-state index contributed by atoms with van der Waals surface area (Å²) >= 11 is 6.38. The van der Waals surface area contributed by atoms with Crippen molar-refractivity contribution in [3.05, 3.63) is 64.9 Å². The van der Waals surface area contributed by atoms with E-state index in [9.17, 15) is 4.79 Å². The van der Waals surface area contributed by atoms with Gasteiger partial charge in [0.15, 0.2) is 0 Å². The van der Waals surface area contributed by atoms with Gasteiger partial charge in [0.25, 0.3) is 0 Å². The van der Waals surface area contributed by atoms with Gasteiger partial charge >= 0.3 is 0 Å². The predicted molar refractivity (Wildman–Crippen MR) is 113 cm³/mol. The van der Waals surface area contributed by atoms with Gasteiger partial charge in [-0.15, -0.1) is 0 Å². The van der Waals surface area contributed by atoms with Gasteiger partial charge in [-0.25, -0.2) is 4.98 Å². The summed E-state index contributed by atoms with van der Waals surface area (Å²) < 4.78 is 7.13. The summed E-state index contributed by atoms with van der Waals surface area (Å²) in [6, 6.07) is 15.4. The third-order valence-corrected chi connectivity index (χ3v) is 5.13. The standard InChI is InChI=1S/C22H26ClN3O2/c1-3-8-20(22(27)24-13-14-28-2)26-19-12-7-6-11-18(19)25-21(26)15-16-9-4-5-10-17(16)23/h4-7,9-12,20H,3,8,13-15H2,1-2H3,(H,24,27). The summed E-state index contributed by atoms with van der Waals surface area (Å²) in [5.74, 6) is 0.831. The second-order valence-corrected chi connectivity index (χ2v) is 7.15. The van der Waals surface area contributed by atoms with Crippen LogP contribution in [0.15, 0.2) is 48.5 Å². The smallest absolute Gasteiger partial charge is 0.243 e. The largest absolute Gasteiger partial charge is 0.383 e. The van der Waals surface area contributed by atoms with Crippen molar-refractivity contribution in [2.24, 2.45) is 0 Å². The summed E-state index contributed by atoms with van der Waals surface area (Å²) in [5, 5.41) is 3.69. The lowest BCUT2D eigenvalue weighted by molar-refractivity contribution is -0.124. The number of imidazole rings is 1. The van der Waals surface area contributed by atoms with Crippen molar-refractivity contribution in [1.82, 2.24) is 14.9 Å². The molecule has 28 heavy (non-hydrogen) atoms. The Morgan fingerprint density at radius 3 is 2.71 bits per heavy atom. The van der Waals surface area contributed by atoms with E-state index in [1.165, 1.54) is 0 Å². The zero-order valence-electron chi connectivity index (χ0n) is 16.3. The number of methoxy groups -OCH3 is 1. The third kappa shape index (κ3) is 4.54. The van der Waals surface area contributed by atoms with Gasteiger partial charge in [0, 0.05) is 25.1 Å². The number of fused-ring (bicyclic) bond motifs is 1. The fourth-order valence-corrected chi connectivity index (χ4v) is 3.63. The number of benzene rings is 2. The lowest BCUT2D eigenvalue weighted by Gasteiger charge is -2.21. The molecule has 3 aromatic rings. The molecule has 148 valence electrons. The summed E-state index contributed by atoms with van der Waals surface area (Å²) in [5.41, 5.74) is 2.84. The van der Waals surface area contributed by atoms with Crippen molar-refractivity contribution in [1.29, 1.82) is 0 Å². The molecule has 3 rings (SSSR count). The highest BCUT2D eigenvalue weighted by atomic mass is 35.5.